The molecule has 0 unspecified atom stereocenters. The van der Waals surface area contributed by atoms with Gasteiger partial charge in [0, 0.05) is 17.0 Å². The van der Waals surface area contributed by atoms with Gasteiger partial charge in [-0.3, -0.25) is 20.3 Å². The van der Waals surface area contributed by atoms with Crippen LogP contribution in [0.2, 0.25) is 0 Å². The van der Waals surface area contributed by atoms with Gasteiger partial charge in [-0.2, -0.15) is 0 Å². The van der Waals surface area contributed by atoms with Gasteiger partial charge in [0.2, 0.25) is 0 Å². The molecule has 10 heteroatoms. The monoisotopic (exact) mass is 367 g/mol. The third-order valence-electron chi connectivity index (χ3n) is 3.63. The van der Waals surface area contributed by atoms with E-state index >= 15 is 0 Å². The Kier molecular flexibility index (Phi) is 4.35. The molecular weight excluding hydrogens is 354 g/mol. The molecule has 1 amide bonds. The zero-order valence-electron chi connectivity index (χ0n) is 12.3. The number of hydrazine groups is 1. The van der Waals surface area contributed by atoms with E-state index in [1.807, 2.05) is 4.83 Å². The highest BCUT2D eigenvalue weighted by Crippen LogP contribution is 2.30. The number of benzene rings is 1. The fourth-order valence-corrected chi connectivity index (χ4v) is 4.41. The number of hydrogen-bond donors (Lipinski definition) is 2. The first-order valence-electron chi connectivity index (χ1n) is 7.05. The smallest absolute Gasteiger partial charge is 0.273 e. The first-order valence-corrected chi connectivity index (χ1v) is 9.35. The molecule has 0 fully saturated rings. The third kappa shape index (κ3) is 3.30. The molecule has 2 N–H and O–H groups in total. The summed E-state index contributed by atoms with van der Waals surface area (Å²) in [6.07, 6.45) is 2.96. The van der Waals surface area contributed by atoms with Gasteiger partial charge in [-0.05, 0) is 43.0 Å². The van der Waals surface area contributed by atoms with Crippen LogP contribution in [0.1, 0.15) is 26.5 Å². The highest BCUT2D eigenvalue weighted by atomic mass is 32.2. The standard InChI is InChI=1S/C14H13N3O5S2/c18-14(13-8-9-2-1-3-12(9)23-13)15-16-24(21,22)11-6-4-10(5-7-11)17(19)20/h4-8,16H,1-3H2,(H,15,18). The van der Waals surface area contributed by atoms with E-state index in [9.17, 15) is 23.3 Å². The number of nitrogens with one attached hydrogen (secondary N) is 2. The molecule has 0 bridgehead atoms. The Balaban J connectivity index is 1.67. The van der Waals surface area contributed by atoms with Crippen LogP contribution in [0, 0.1) is 10.1 Å². The molecule has 0 aliphatic heterocycles. The fraction of sp³-hybridized carbons (Fsp3) is 0.214. The van der Waals surface area contributed by atoms with Crippen LogP contribution < -0.4 is 10.3 Å². The van der Waals surface area contributed by atoms with E-state index in [0.717, 1.165) is 49.1 Å². The molecule has 3 rings (SSSR count). The van der Waals surface area contributed by atoms with Crippen molar-refractivity contribution >= 4 is 33.0 Å². The van der Waals surface area contributed by atoms with Crippen LogP contribution in [0.25, 0.3) is 0 Å². The number of rotatable bonds is 5. The zero-order chi connectivity index (χ0) is 17.3. The number of fused-ring (bicyclic) bond motifs is 1. The van der Waals surface area contributed by atoms with Crippen molar-refractivity contribution in [3.8, 4) is 0 Å². The van der Waals surface area contributed by atoms with Crippen LogP contribution in [0.3, 0.4) is 0 Å². The second-order valence-electron chi connectivity index (χ2n) is 5.22. The van der Waals surface area contributed by atoms with Crippen LogP contribution in [0.15, 0.2) is 35.2 Å². The molecule has 0 radical (unpaired) electrons. The molecule has 1 heterocycles. The summed E-state index contributed by atoms with van der Waals surface area (Å²) in [5, 5.41) is 10.6. The number of nitro groups is 1. The largest absolute Gasteiger partial charge is 0.276 e. The maximum absolute atomic E-state index is 12.1. The number of amides is 1. The van der Waals surface area contributed by atoms with Gasteiger partial charge >= 0.3 is 0 Å². The normalized spacial score (nSPS) is 13.5. The van der Waals surface area contributed by atoms with E-state index in [0.29, 0.717) is 4.88 Å². The number of hydrogen-bond acceptors (Lipinski definition) is 6. The maximum Gasteiger partial charge on any atom is 0.276 e. The predicted octanol–water partition coefficient (Wildman–Crippen LogP) is 1.77. The molecule has 0 spiro atoms. The molecule has 0 atom stereocenters. The zero-order valence-corrected chi connectivity index (χ0v) is 13.9. The van der Waals surface area contributed by atoms with Crippen LogP contribution in [0.5, 0.6) is 0 Å². The summed E-state index contributed by atoms with van der Waals surface area (Å²) in [7, 11) is -4.00. The minimum absolute atomic E-state index is 0.179. The number of non-ortho nitro benzene ring substituents is 1. The SMILES string of the molecule is O=C(NNS(=O)(=O)c1ccc([N+](=O)[O-])cc1)c1cc2c(s1)CCC2. The summed E-state index contributed by atoms with van der Waals surface area (Å²) in [5.41, 5.74) is 3.09. The van der Waals surface area contributed by atoms with E-state index in [4.69, 9.17) is 0 Å². The van der Waals surface area contributed by atoms with Crippen molar-refractivity contribution < 1.29 is 18.1 Å². The van der Waals surface area contributed by atoms with Crippen LogP contribution in [0.4, 0.5) is 5.69 Å². The molecule has 1 aliphatic carbocycles. The van der Waals surface area contributed by atoms with E-state index < -0.39 is 20.9 Å². The van der Waals surface area contributed by atoms with Gasteiger partial charge in [-0.15, -0.1) is 16.2 Å². The third-order valence-corrected chi connectivity index (χ3v) is 6.13. The Hall–Kier alpha value is -2.30. The van der Waals surface area contributed by atoms with Gasteiger partial charge in [0.15, 0.2) is 0 Å². The highest BCUT2D eigenvalue weighted by molar-refractivity contribution is 7.89. The van der Waals surface area contributed by atoms with Crippen molar-refractivity contribution in [2.24, 2.45) is 0 Å². The predicted molar refractivity (Wildman–Crippen MR) is 87.2 cm³/mol. The van der Waals surface area contributed by atoms with Crippen LogP contribution in [-0.2, 0) is 22.9 Å². The number of nitrogens with zero attached hydrogens (tertiary/aromatic N) is 1. The lowest BCUT2D eigenvalue weighted by Gasteiger charge is -2.07. The lowest BCUT2D eigenvalue weighted by Crippen LogP contribution is -2.41. The molecule has 2 aromatic rings. The summed E-state index contributed by atoms with van der Waals surface area (Å²) in [6, 6.07) is 6.15. The number of carbonyl (C=O) groups excluding carboxylic acids is 1. The minimum Gasteiger partial charge on any atom is -0.273 e. The van der Waals surface area contributed by atoms with Crippen molar-refractivity contribution in [1.82, 2.24) is 10.3 Å². The summed E-state index contributed by atoms with van der Waals surface area (Å²) in [4.78, 5) is 25.4. The van der Waals surface area contributed by atoms with E-state index in [1.165, 1.54) is 16.2 Å². The van der Waals surface area contributed by atoms with Crippen LogP contribution in [-0.4, -0.2) is 19.2 Å². The second kappa shape index (κ2) is 6.30. The number of carbonyl (C=O) groups is 1. The maximum atomic E-state index is 12.1. The first kappa shape index (κ1) is 16.6. The summed E-state index contributed by atoms with van der Waals surface area (Å²) in [5.74, 6) is -0.528. The second-order valence-corrected chi connectivity index (χ2v) is 8.04. The molecule has 0 saturated carbocycles. The average molecular weight is 367 g/mol. The summed E-state index contributed by atoms with van der Waals surface area (Å²) in [6.45, 7) is 0. The van der Waals surface area contributed by atoms with Crippen LogP contribution >= 0.6 is 11.3 Å². The van der Waals surface area contributed by atoms with Crippen molar-refractivity contribution in [3.63, 3.8) is 0 Å². The van der Waals surface area contributed by atoms with E-state index in [2.05, 4.69) is 5.43 Å². The Labute approximate surface area is 141 Å². The molecule has 1 aliphatic rings. The Morgan fingerprint density at radius 3 is 2.54 bits per heavy atom. The first-order chi connectivity index (χ1) is 11.4. The summed E-state index contributed by atoms with van der Waals surface area (Å²) >= 11 is 1.36. The molecule has 126 valence electrons. The van der Waals surface area contributed by atoms with Gasteiger partial charge in [-0.25, -0.2) is 8.42 Å². The fourth-order valence-electron chi connectivity index (χ4n) is 2.42. The topological polar surface area (TPSA) is 118 Å². The van der Waals surface area contributed by atoms with Crippen molar-refractivity contribution in [2.75, 3.05) is 0 Å². The van der Waals surface area contributed by atoms with Crippen molar-refractivity contribution in [3.05, 3.63) is 55.8 Å². The van der Waals surface area contributed by atoms with Crippen molar-refractivity contribution in [1.29, 1.82) is 0 Å². The summed E-state index contributed by atoms with van der Waals surface area (Å²) < 4.78 is 24.2. The van der Waals surface area contributed by atoms with E-state index in [1.54, 1.807) is 6.07 Å². The molecule has 1 aromatic carbocycles. The Morgan fingerprint density at radius 2 is 1.92 bits per heavy atom. The lowest BCUT2D eigenvalue weighted by atomic mass is 10.2. The number of nitro benzene ring substituents is 1. The molecule has 0 saturated heterocycles. The van der Waals surface area contributed by atoms with Crippen molar-refractivity contribution in [2.45, 2.75) is 24.2 Å². The lowest BCUT2D eigenvalue weighted by molar-refractivity contribution is -0.384. The van der Waals surface area contributed by atoms with Gasteiger partial charge in [0.05, 0.1) is 14.7 Å². The molecule has 24 heavy (non-hydrogen) atoms. The molecule has 8 nitrogen and oxygen atoms in total. The quantitative estimate of drug-likeness (QED) is 0.617. The average Bonchev–Trinajstić information content (AvgIpc) is 3.14. The highest BCUT2D eigenvalue weighted by Gasteiger charge is 2.21. The molecule has 1 aromatic heterocycles. The number of aryl methyl sites for hydroxylation is 2. The molecular formula is C14H13N3O5S2. The minimum atomic E-state index is -4.00. The van der Waals surface area contributed by atoms with E-state index in [-0.39, 0.29) is 10.6 Å². The van der Waals surface area contributed by atoms with Gasteiger partial charge in [0.25, 0.3) is 21.6 Å². The van der Waals surface area contributed by atoms with Gasteiger partial charge < -0.3 is 0 Å². The van der Waals surface area contributed by atoms with Gasteiger partial charge in [-0.1, -0.05) is 0 Å². The Morgan fingerprint density at radius 1 is 1.21 bits per heavy atom. The Bertz CT molecular complexity index is 881. The number of sulfonamides is 1. The number of thiophene rings is 1. The van der Waals surface area contributed by atoms with Gasteiger partial charge in [0.1, 0.15) is 0 Å².